The van der Waals surface area contributed by atoms with E-state index in [4.69, 9.17) is 4.42 Å². The van der Waals surface area contributed by atoms with Gasteiger partial charge in [-0.25, -0.2) is 0 Å². The average molecular weight is 331 g/mol. The molecule has 3 heteroatoms. The zero-order valence-corrected chi connectivity index (χ0v) is 15.6. The molecule has 0 unspecified atom stereocenters. The van der Waals surface area contributed by atoms with Crippen molar-refractivity contribution in [3.63, 3.8) is 0 Å². The van der Waals surface area contributed by atoms with Crippen molar-refractivity contribution < 1.29 is 4.42 Å². The number of para-hydroxylation sites is 1. The monoisotopic (exact) mass is 331 g/mol. The highest BCUT2D eigenvalue weighted by atomic mass is 28.3. The molecule has 4 aromatic rings. The second-order valence-electron chi connectivity index (χ2n) is 7.43. The van der Waals surface area contributed by atoms with Crippen LogP contribution in [0.1, 0.15) is 5.56 Å². The summed E-state index contributed by atoms with van der Waals surface area (Å²) in [4.78, 5) is 4.55. The van der Waals surface area contributed by atoms with Crippen LogP contribution in [0, 0.1) is 6.92 Å². The van der Waals surface area contributed by atoms with Crippen LogP contribution in [0.25, 0.3) is 33.2 Å². The van der Waals surface area contributed by atoms with Crippen LogP contribution in [-0.4, -0.2) is 13.1 Å². The molecule has 0 N–H and O–H groups in total. The molecule has 0 aliphatic heterocycles. The fourth-order valence-corrected chi connectivity index (χ4v) is 4.96. The third-order valence-electron chi connectivity index (χ3n) is 4.52. The minimum absolute atomic E-state index is 0.941. The Morgan fingerprint density at radius 2 is 1.75 bits per heavy atom. The molecule has 0 amide bonds. The number of hydrogen-bond acceptors (Lipinski definition) is 2. The summed E-state index contributed by atoms with van der Waals surface area (Å²) in [5.41, 5.74) is 5.15. The van der Waals surface area contributed by atoms with E-state index in [-0.39, 0.29) is 0 Å². The van der Waals surface area contributed by atoms with Crippen LogP contribution in [0.4, 0.5) is 0 Å². The van der Waals surface area contributed by atoms with Crippen LogP contribution in [0.2, 0.25) is 19.6 Å². The van der Waals surface area contributed by atoms with Gasteiger partial charge in [0, 0.05) is 22.5 Å². The summed E-state index contributed by atoms with van der Waals surface area (Å²) in [5, 5.41) is 3.93. The van der Waals surface area contributed by atoms with Gasteiger partial charge in [0.05, 0.1) is 13.8 Å². The van der Waals surface area contributed by atoms with Crippen LogP contribution in [0.15, 0.2) is 59.1 Å². The molecule has 2 heterocycles. The average Bonchev–Trinajstić information content (AvgIpc) is 2.92. The van der Waals surface area contributed by atoms with E-state index in [0.29, 0.717) is 0 Å². The second-order valence-corrected chi connectivity index (χ2v) is 12.5. The highest BCUT2D eigenvalue weighted by Crippen LogP contribution is 2.35. The summed E-state index contributed by atoms with van der Waals surface area (Å²) in [6, 6.07) is 17.0. The first-order valence-corrected chi connectivity index (χ1v) is 11.8. The van der Waals surface area contributed by atoms with Crippen molar-refractivity contribution in [1.82, 2.24) is 4.98 Å². The topological polar surface area (TPSA) is 26.0 Å². The molecule has 0 bridgehead atoms. The van der Waals surface area contributed by atoms with E-state index in [1.807, 2.05) is 12.3 Å². The molecule has 0 spiro atoms. The van der Waals surface area contributed by atoms with E-state index in [1.54, 1.807) is 0 Å². The minimum Gasteiger partial charge on any atom is -0.455 e. The van der Waals surface area contributed by atoms with Gasteiger partial charge in [-0.15, -0.1) is 0 Å². The van der Waals surface area contributed by atoms with Crippen LogP contribution in [0.5, 0.6) is 0 Å². The SMILES string of the molecule is Cc1ccnc(-c2cccc3c2oc2cccc([Si](C)(C)C)c23)c1. The van der Waals surface area contributed by atoms with Gasteiger partial charge in [0.15, 0.2) is 0 Å². The van der Waals surface area contributed by atoms with Crippen LogP contribution >= 0.6 is 0 Å². The molecule has 2 aromatic carbocycles. The summed E-state index contributed by atoms with van der Waals surface area (Å²) in [5.74, 6) is 0. The van der Waals surface area contributed by atoms with E-state index >= 15 is 0 Å². The molecule has 4 rings (SSSR count). The van der Waals surface area contributed by atoms with Gasteiger partial charge in [-0.05, 0) is 41.9 Å². The maximum Gasteiger partial charge on any atom is 0.144 e. The molecule has 0 radical (unpaired) electrons. The van der Waals surface area contributed by atoms with Gasteiger partial charge in [0.1, 0.15) is 11.2 Å². The third kappa shape index (κ3) is 2.36. The van der Waals surface area contributed by atoms with Crippen molar-refractivity contribution in [3.8, 4) is 11.3 Å². The zero-order valence-electron chi connectivity index (χ0n) is 14.6. The lowest BCUT2D eigenvalue weighted by Crippen LogP contribution is -2.37. The Kier molecular flexibility index (Phi) is 3.36. The van der Waals surface area contributed by atoms with E-state index in [9.17, 15) is 0 Å². The highest BCUT2D eigenvalue weighted by Gasteiger charge is 2.23. The number of hydrogen-bond donors (Lipinski definition) is 0. The van der Waals surface area contributed by atoms with Crippen molar-refractivity contribution >= 4 is 35.2 Å². The first kappa shape index (κ1) is 15.2. The Hall–Kier alpha value is -2.39. The van der Waals surface area contributed by atoms with Crippen molar-refractivity contribution in [2.75, 3.05) is 0 Å². The lowest BCUT2D eigenvalue weighted by molar-refractivity contribution is 0.670. The fourth-order valence-electron chi connectivity index (χ4n) is 3.36. The number of furan rings is 1. The lowest BCUT2D eigenvalue weighted by atomic mass is 10.1. The molecule has 0 aliphatic carbocycles. The maximum absolute atomic E-state index is 6.30. The molecule has 0 saturated carbocycles. The lowest BCUT2D eigenvalue weighted by Gasteiger charge is -2.17. The van der Waals surface area contributed by atoms with Crippen molar-refractivity contribution in [2.24, 2.45) is 0 Å². The normalized spacial score (nSPS) is 12.2. The predicted molar refractivity (Wildman–Crippen MR) is 105 cm³/mol. The Balaban J connectivity index is 2.10. The minimum atomic E-state index is -1.46. The predicted octanol–water partition coefficient (Wildman–Crippen LogP) is 5.50. The summed E-state index contributed by atoms with van der Waals surface area (Å²) in [6.07, 6.45) is 1.86. The van der Waals surface area contributed by atoms with Crippen LogP contribution in [-0.2, 0) is 0 Å². The van der Waals surface area contributed by atoms with Gasteiger partial charge in [-0.2, -0.15) is 0 Å². The second kappa shape index (κ2) is 5.31. The van der Waals surface area contributed by atoms with Crippen LogP contribution in [0.3, 0.4) is 0 Å². The van der Waals surface area contributed by atoms with Gasteiger partial charge in [-0.3, -0.25) is 4.98 Å². The van der Waals surface area contributed by atoms with Crippen molar-refractivity contribution in [3.05, 3.63) is 60.3 Å². The van der Waals surface area contributed by atoms with Gasteiger partial charge in [0.2, 0.25) is 0 Å². The van der Waals surface area contributed by atoms with Crippen molar-refractivity contribution in [2.45, 2.75) is 26.6 Å². The number of pyridine rings is 1. The van der Waals surface area contributed by atoms with Gasteiger partial charge < -0.3 is 4.42 Å². The summed E-state index contributed by atoms with van der Waals surface area (Å²) >= 11 is 0. The molecule has 0 fully saturated rings. The maximum atomic E-state index is 6.30. The fraction of sp³-hybridized carbons (Fsp3) is 0.190. The number of benzene rings is 2. The number of fused-ring (bicyclic) bond motifs is 3. The molecule has 2 nitrogen and oxygen atoms in total. The molecule has 0 saturated heterocycles. The highest BCUT2D eigenvalue weighted by molar-refractivity contribution is 6.90. The molecule has 120 valence electrons. The number of nitrogens with zero attached hydrogens (tertiary/aromatic N) is 1. The van der Waals surface area contributed by atoms with Gasteiger partial charge >= 0.3 is 0 Å². The molecule has 2 aromatic heterocycles. The summed E-state index contributed by atoms with van der Waals surface area (Å²) in [6.45, 7) is 9.24. The van der Waals surface area contributed by atoms with Gasteiger partial charge in [0.25, 0.3) is 0 Å². The van der Waals surface area contributed by atoms with Gasteiger partial charge in [-0.1, -0.05) is 43.9 Å². The quantitative estimate of drug-likeness (QED) is 0.453. The Morgan fingerprint density at radius 1 is 0.958 bits per heavy atom. The smallest absolute Gasteiger partial charge is 0.144 e. The molecule has 24 heavy (non-hydrogen) atoms. The number of rotatable bonds is 2. The van der Waals surface area contributed by atoms with E-state index in [0.717, 1.165) is 22.4 Å². The number of aromatic nitrogens is 1. The van der Waals surface area contributed by atoms with Crippen molar-refractivity contribution in [1.29, 1.82) is 0 Å². The van der Waals surface area contributed by atoms with Crippen LogP contribution < -0.4 is 5.19 Å². The molecular formula is C21H21NOSi. The first-order valence-electron chi connectivity index (χ1n) is 8.33. The largest absolute Gasteiger partial charge is 0.455 e. The Labute approximate surface area is 143 Å². The standard InChI is InChI=1S/C21H21NOSi/c1-14-11-12-22-17(13-14)15-7-5-8-16-20-18(23-21(15)16)9-6-10-19(20)24(2,3)4/h5-13H,1-4H3. The molecule has 0 aliphatic rings. The van der Waals surface area contributed by atoms with E-state index in [1.165, 1.54) is 21.5 Å². The summed E-state index contributed by atoms with van der Waals surface area (Å²) < 4.78 is 6.30. The molecular weight excluding hydrogens is 310 g/mol. The Bertz CT molecular complexity index is 1060. The third-order valence-corrected chi connectivity index (χ3v) is 6.55. The summed E-state index contributed by atoms with van der Waals surface area (Å²) in [7, 11) is -1.46. The first-order chi connectivity index (χ1) is 11.4. The van der Waals surface area contributed by atoms with E-state index < -0.39 is 8.07 Å². The molecule has 0 atom stereocenters. The van der Waals surface area contributed by atoms with E-state index in [2.05, 4.69) is 74.0 Å². The number of aryl methyl sites for hydroxylation is 1. The zero-order chi connectivity index (χ0) is 16.9. The Morgan fingerprint density at radius 3 is 2.50 bits per heavy atom.